The molecule has 3 aromatic rings. The fraction of sp³-hybridized carbons (Fsp3) is 0.111. The van der Waals surface area contributed by atoms with Crippen LogP contribution >= 0.6 is 0 Å². The lowest BCUT2D eigenvalue weighted by Crippen LogP contribution is -2.13. The molecule has 5 heteroatoms. The van der Waals surface area contributed by atoms with Gasteiger partial charge in [0, 0.05) is 23.3 Å². The van der Waals surface area contributed by atoms with Crippen molar-refractivity contribution >= 4 is 11.6 Å². The van der Waals surface area contributed by atoms with Crippen LogP contribution in [0.4, 0.5) is 10.1 Å². The summed E-state index contributed by atoms with van der Waals surface area (Å²) in [7, 11) is 0. The topological polar surface area (TPSA) is 46.9 Å². The number of nitrogens with zero attached hydrogens (tertiary/aromatic N) is 2. The monoisotopic (exact) mass is 309 g/mol. The Bertz CT molecular complexity index is 839. The van der Waals surface area contributed by atoms with Gasteiger partial charge >= 0.3 is 0 Å². The molecule has 0 radical (unpaired) electrons. The molecule has 1 N–H and O–H groups in total. The van der Waals surface area contributed by atoms with Gasteiger partial charge in [0.2, 0.25) is 0 Å². The van der Waals surface area contributed by atoms with E-state index in [4.69, 9.17) is 0 Å². The SMILES string of the molecule is Cc1cc(C(=O)Nc2cccnc2)c(C)n1-c1ccc(F)cc1. The van der Waals surface area contributed by atoms with Crippen molar-refractivity contribution in [2.75, 3.05) is 5.32 Å². The molecule has 0 saturated heterocycles. The molecule has 116 valence electrons. The van der Waals surface area contributed by atoms with E-state index >= 15 is 0 Å². The number of rotatable bonds is 3. The minimum Gasteiger partial charge on any atom is -0.321 e. The summed E-state index contributed by atoms with van der Waals surface area (Å²) in [5.41, 5.74) is 3.75. The van der Waals surface area contributed by atoms with E-state index in [0.29, 0.717) is 11.3 Å². The Morgan fingerprint density at radius 1 is 1.17 bits per heavy atom. The van der Waals surface area contributed by atoms with Gasteiger partial charge in [0.1, 0.15) is 5.82 Å². The fourth-order valence-electron chi connectivity index (χ4n) is 2.62. The highest BCUT2D eigenvalue weighted by Gasteiger charge is 2.16. The van der Waals surface area contributed by atoms with Crippen molar-refractivity contribution in [2.45, 2.75) is 13.8 Å². The summed E-state index contributed by atoms with van der Waals surface area (Å²) < 4.78 is 15.0. The van der Waals surface area contributed by atoms with Crippen molar-refractivity contribution in [2.24, 2.45) is 0 Å². The average molecular weight is 309 g/mol. The van der Waals surface area contributed by atoms with Crippen LogP contribution < -0.4 is 5.32 Å². The summed E-state index contributed by atoms with van der Waals surface area (Å²) in [5, 5.41) is 2.83. The maximum atomic E-state index is 13.1. The molecular weight excluding hydrogens is 293 g/mol. The number of carbonyl (C=O) groups is 1. The van der Waals surface area contributed by atoms with E-state index in [1.54, 1.807) is 36.7 Å². The highest BCUT2D eigenvalue weighted by Crippen LogP contribution is 2.22. The van der Waals surface area contributed by atoms with Crippen LogP contribution in [0.2, 0.25) is 0 Å². The Kier molecular flexibility index (Phi) is 3.93. The van der Waals surface area contributed by atoms with Gasteiger partial charge in [-0.05, 0) is 56.3 Å². The van der Waals surface area contributed by atoms with E-state index in [2.05, 4.69) is 10.3 Å². The van der Waals surface area contributed by atoms with Gasteiger partial charge in [-0.2, -0.15) is 0 Å². The van der Waals surface area contributed by atoms with Crippen LogP contribution in [0.15, 0.2) is 54.9 Å². The van der Waals surface area contributed by atoms with Crippen molar-refractivity contribution in [1.82, 2.24) is 9.55 Å². The van der Waals surface area contributed by atoms with E-state index in [9.17, 15) is 9.18 Å². The van der Waals surface area contributed by atoms with E-state index in [1.807, 2.05) is 24.5 Å². The van der Waals surface area contributed by atoms with Crippen molar-refractivity contribution in [3.05, 3.63) is 77.6 Å². The lowest BCUT2D eigenvalue weighted by atomic mass is 10.2. The summed E-state index contributed by atoms with van der Waals surface area (Å²) in [6, 6.07) is 11.6. The quantitative estimate of drug-likeness (QED) is 0.798. The van der Waals surface area contributed by atoms with Crippen molar-refractivity contribution < 1.29 is 9.18 Å². The number of nitrogens with one attached hydrogen (secondary N) is 1. The maximum absolute atomic E-state index is 13.1. The number of halogens is 1. The Balaban J connectivity index is 1.94. The zero-order valence-electron chi connectivity index (χ0n) is 12.9. The molecule has 0 spiro atoms. The number of aryl methyl sites for hydroxylation is 1. The summed E-state index contributed by atoms with van der Waals surface area (Å²) in [6.45, 7) is 3.78. The minimum atomic E-state index is -0.286. The third-order valence-electron chi connectivity index (χ3n) is 3.68. The largest absolute Gasteiger partial charge is 0.321 e. The molecule has 0 saturated carbocycles. The zero-order chi connectivity index (χ0) is 16.4. The van der Waals surface area contributed by atoms with Crippen LogP contribution in [0, 0.1) is 19.7 Å². The van der Waals surface area contributed by atoms with Crippen LogP contribution in [-0.4, -0.2) is 15.5 Å². The molecule has 23 heavy (non-hydrogen) atoms. The van der Waals surface area contributed by atoms with Crippen molar-refractivity contribution in [3.63, 3.8) is 0 Å². The first kappa shape index (κ1) is 15.0. The highest BCUT2D eigenvalue weighted by molar-refractivity contribution is 6.05. The second-order valence-corrected chi connectivity index (χ2v) is 5.29. The molecule has 4 nitrogen and oxygen atoms in total. The Morgan fingerprint density at radius 3 is 2.57 bits per heavy atom. The molecule has 0 aliphatic heterocycles. The Labute approximate surface area is 133 Å². The van der Waals surface area contributed by atoms with Crippen LogP contribution in [0.3, 0.4) is 0 Å². The first-order chi connectivity index (χ1) is 11.1. The number of benzene rings is 1. The average Bonchev–Trinajstić information content (AvgIpc) is 2.84. The van der Waals surface area contributed by atoms with Gasteiger partial charge in [-0.1, -0.05) is 0 Å². The summed E-state index contributed by atoms with van der Waals surface area (Å²) in [4.78, 5) is 16.5. The number of carbonyl (C=O) groups excluding carboxylic acids is 1. The number of hydrogen-bond acceptors (Lipinski definition) is 2. The summed E-state index contributed by atoms with van der Waals surface area (Å²) >= 11 is 0. The van der Waals surface area contributed by atoms with Gasteiger partial charge in [0.25, 0.3) is 5.91 Å². The highest BCUT2D eigenvalue weighted by atomic mass is 19.1. The third kappa shape index (κ3) is 2.99. The first-order valence-electron chi connectivity index (χ1n) is 7.22. The van der Waals surface area contributed by atoms with Crippen LogP contribution in [0.25, 0.3) is 5.69 Å². The van der Waals surface area contributed by atoms with Crippen LogP contribution in [-0.2, 0) is 0 Å². The van der Waals surface area contributed by atoms with Gasteiger partial charge in [-0.15, -0.1) is 0 Å². The smallest absolute Gasteiger partial charge is 0.257 e. The standard InChI is InChI=1S/C18H16FN3O/c1-12-10-17(18(23)21-15-4-3-9-20-11-15)13(2)22(12)16-7-5-14(19)6-8-16/h3-11H,1-2H3,(H,21,23). The van der Waals surface area contributed by atoms with Gasteiger partial charge in [-0.25, -0.2) is 4.39 Å². The predicted octanol–water partition coefficient (Wildman–Crippen LogP) is 3.88. The second-order valence-electron chi connectivity index (χ2n) is 5.29. The van der Waals surface area contributed by atoms with Crippen LogP contribution in [0.1, 0.15) is 21.7 Å². The summed E-state index contributed by atoms with van der Waals surface area (Å²) in [6.07, 6.45) is 3.24. The Hall–Kier alpha value is -2.95. The maximum Gasteiger partial charge on any atom is 0.257 e. The number of amides is 1. The van der Waals surface area contributed by atoms with Gasteiger partial charge in [0.05, 0.1) is 17.4 Å². The van der Waals surface area contributed by atoms with Gasteiger partial charge < -0.3 is 9.88 Å². The zero-order valence-corrected chi connectivity index (χ0v) is 12.9. The van der Waals surface area contributed by atoms with Crippen molar-refractivity contribution in [3.8, 4) is 5.69 Å². The van der Waals surface area contributed by atoms with Crippen LogP contribution in [0.5, 0.6) is 0 Å². The predicted molar refractivity (Wildman–Crippen MR) is 87.4 cm³/mol. The molecule has 2 heterocycles. The number of pyridine rings is 1. The van der Waals surface area contributed by atoms with Gasteiger partial charge in [0.15, 0.2) is 0 Å². The molecule has 0 aliphatic rings. The number of anilines is 1. The molecule has 2 aromatic heterocycles. The second kappa shape index (κ2) is 6.04. The fourth-order valence-corrected chi connectivity index (χ4v) is 2.62. The van der Waals surface area contributed by atoms with Crippen molar-refractivity contribution in [1.29, 1.82) is 0 Å². The number of hydrogen-bond donors (Lipinski definition) is 1. The normalized spacial score (nSPS) is 10.6. The molecule has 0 aliphatic carbocycles. The third-order valence-corrected chi connectivity index (χ3v) is 3.68. The minimum absolute atomic E-state index is 0.195. The van der Waals surface area contributed by atoms with E-state index in [0.717, 1.165) is 17.1 Å². The summed E-state index contributed by atoms with van der Waals surface area (Å²) in [5.74, 6) is -0.481. The van der Waals surface area contributed by atoms with E-state index in [-0.39, 0.29) is 11.7 Å². The Morgan fingerprint density at radius 2 is 1.91 bits per heavy atom. The molecule has 3 rings (SSSR count). The molecule has 0 bridgehead atoms. The first-order valence-corrected chi connectivity index (χ1v) is 7.22. The van der Waals surface area contributed by atoms with Gasteiger partial charge in [-0.3, -0.25) is 9.78 Å². The molecule has 1 amide bonds. The van der Waals surface area contributed by atoms with E-state index in [1.165, 1.54) is 12.1 Å². The molecule has 0 atom stereocenters. The lowest BCUT2D eigenvalue weighted by Gasteiger charge is -2.10. The lowest BCUT2D eigenvalue weighted by molar-refractivity contribution is 0.102. The molecule has 0 unspecified atom stereocenters. The van der Waals surface area contributed by atoms with E-state index < -0.39 is 0 Å². The number of aromatic nitrogens is 2. The molecule has 1 aromatic carbocycles. The molecule has 0 fully saturated rings. The molecular formula is C18H16FN3O.